The first kappa shape index (κ1) is 15.0. The topological polar surface area (TPSA) is 55.8 Å². The maximum atomic E-state index is 12.1. The van der Waals surface area contributed by atoms with Crippen LogP contribution in [0.2, 0.25) is 0 Å². The SMILES string of the molecule is CCC(C(=O)OC)C(=O)N(C)CC1CCOCC1. The van der Waals surface area contributed by atoms with Gasteiger partial charge in [-0.1, -0.05) is 6.92 Å². The first-order valence-electron chi connectivity index (χ1n) is 6.50. The minimum atomic E-state index is -0.667. The van der Waals surface area contributed by atoms with Gasteiger partial charge >= 0.3 is 5.97 Å². The lowest BCUT2D eigenvalue weighted by Crippen LogP contribution is -2.40. The maximum Gasteiger partial charge on any atom is 0.318 e. The van der Waals surface area contributed by atoms with Crippen LogP contribution in [0.5, 0.6) is 0 Å². The van der Waals surface area contributed by atoms with Gasteiger partial charge in [0.25, 0.3) is 0 Å². The average molecular weight is 257 g/mol. The van der Waals surface area contributed by atoms with Gasteiger partial charge in [0.05, 0.1) is 7.11 Å². The quantitative estimate of drug-likeness (QED) is 0.546. The number of methoxy groups -OCH3 is 1. The van der Waals surface area contributed by atoms with Gasteiger partial charge in [0.15, 0.2) is 0 Å². The van der Waals surface area contributed by atoms with Crippen molar-refractivity contribution in [3.63, 3.8) is 0 Å². The molecule has 0 aromatic rings. The Bertz CT molecular complexity index is 287. The minimum absolute atomic E-state index is 0.143. The fourth-order valence-corrected chi connectivity index (χ4v) is 2.26. The van der Waals surface area contributed by atoms with Crippen LogP contribution >= 0.6 is 0 Å². The van der Waals surface area contributed by atoms with Crippen molar-refractivity contribution in [3.8, 4) is 0 Å². The number of esters is 1. The number of rotatable bonds is 5. The molecule has 1 aliphatic heterocycles. The summed E-state index contributed by atoms with van der Waals surface area (Å²) in [6.07, 6.45) is 2.43. The molecule has 0 bridgehead atoms. The molecule has 18 heavy (non-hydrogen) atoms. The molecule has 1 amide bonds. The Hall–Kier alpha value is -1.10. The van der Waals surface area contributed by atoms with E-state index in [9.17, 15) is 9.59 Å². The molecule has 1 atom stereocenters. The molecule has 1 saturated heterocycles. The van der Waals surface area contributed by atoms with Crippen LogP contribution in [0, 0.1) is 11.8 Å². The molecular weight excluding hydrogens is 234 g/mol. The predicted molar refractivity (Wildman–Crippen MR) is 67.0 cm³/mol. The number of hydrogen-bond donors (Lipinski definition) is 0. The van der Waals surface area contributed by atoms with E-state index in [4.69, 9.17) is 4.74 Å². The van der Waals surface area contributed by atoms with E-state index in [0.29, 0.717) is 18.9 Å². The summed E-state index contributed by atoms with van der Waals surface area (Å²) in [6.45, 7) is 4.04. The second-order valence-corrected chi connectivity index (χ2v) is 4.76. The van der Waals surface area contributed by atoms with Gasteiger partial charge < -0.3 is 14.4 Å². The van der Waals surface area contributed by atoms with Gasteiger partial charge in [-0.25, -0.2) is 0 Å². The Kier molecular flexibility index (Phi) is 6.12. The van der Waals surface area contributed by atoms with Gasteiger partial charge in [-0.05, 0) is 25.2 Å². The van der Waals surface area contributed by atoms with Crippen LogP contribution in [0.15, 0.2) is 0 Å². The normalized spacial score (nSPS) is 18.2. The van der Waals surface area contributed by atoms with Gasteiger partial charge in [0.1, 0.15) is 5.92 Å². The highest BCUT2D eigenvalue weighted by molar-refractivity contribution is 5.97. The van der Waals surface area contributed by atoms with E-state index in [1.165, 1.54) is 7.11 Å². The molecule has 1 aliphatic rings. The van der Waals surface area contributed by atoms with Crippen molar-refractivity contribution in [1.29, 1.82) is 0 Å². The highest BCUT2D eigenvalue weighted by Crippen LogP contribution is 2.17. The zero-order valence-electron chi connectivity index (χ0n) is 11.5. The molecule has 1 unspecified atom stereocenters. The summed E-state index contributed by atoms with van der Waals surface area (Å²) in [5.74, 6) is -0.778. The van der Waals surface area contributed by atoms with Crippen molar-refractivity contribution in [1.82, 2.24) is 4.90 Å². The van der Waals surface area contributed by atoms with Crippen molar-refractivity contribution in [2.75, 3.05) is 33.9 Å². The van der Waals surface area contributed by atoms with Gasteiger partial charge in [-0.3, -0.25) is 9.59 Å². The lowest BCUT2D eigenvalue weighted by Gasteiger charge is -2.28. The van der Waals surface area contributed by atoms with Crippen LogP contribution in [0.1, 0.15) is 26.2 Å². The Morgan fingerprint density at radius 1 is 1.39 bits per heavy atom. The fraction of sp³-hybridized carbons (Fsp3) is 0.846. The maximum absolute atomic E-state index is 12.1. The smallest absolute Gasteiger partial charge is 0.318 e. The van der Waals surface area contributed by atoms with Crippen molar-refractivity contribution in [2.24, 2.45) is 11.8 Å². The highest BCUT2D eigenvalue weighted by Gasteiger charge is 2.29. The molecule has 0 N–H and O–H groups in total. The molecule has 0 aliphatic carbocycles. The molecule has 1 heterocycles. The van der Waals surface area contributed by atoms with E-state index in [1.807, 2.05) is 6.92 Å². The lowest BCUT2D eigenvalue weighted by molar-refractivity contribution is -0.153. The second-order valence-electron chi connectivity index (χ2n) is 4.76. The van der Waals surface area contributed by atoms with Crippen LogP contribution in [0.25, 0.3) is 0 Å². The molecule has 104 valence electrons. The largest absolute Gasteiger partial charge is 0.468 e. The third kappa shape index (κ3) is 3.98. The van der Waals surface area contributed by atoms with Crippen molar-refractivity contribution in [3.05, 3.63) is 0 Å². The molecule has 5 heteroatoms. The van der Waals surface area contributed by atoms with Gasteiger partial charge in [0.2, 0.25) is 5.91 Å². The van der Waals surface area contributed by atoms with Gasteiger partial charge in [-0.15, -0.1) is 0 Å². The molecule has 0 spiro atoms. The van der Waals surface area contributed by atoms with Crippen LogP contribution in [0.3, 0.4) is 0 Å². The molecule has 0 aromatic heterocycles. The molecule has 1 rings (SSSR count). The van der Waals surface area contributed by atoms with E-state index in [-0.39, 0.29) is 5.91 Å². The van der Waals surface area contributed by atoms with Crippen molar-refractivity contribution >= 4 is 11.9 Å². The zero-order valence-corrected chi connectivity index (χ0v) is 11.5. The fourth-order valence-electron chi connectivity index (χ4n) is 2.26. The first-order valence-corrected chi connectivity index (χ1v) is 6.50. The monoisotopic (exact) mass is 257 g/mol. The van der Waals surface area contributed by atoms with Gasteiger partial charge in [-0.2, -0.15) is 0 Å². The number of hydrogen-bond acceptors (Lipinski definition) is 4. The predicted octanol–water partition coefficient (Wildman–Crippen LogP) is 1.07. The Labute approximate surface area is 108 Å². The molecule has 0 saturated carbocycles. The lowest BCUT2D eigenvalue weighted by atomic mass is 9.98. The molecule has 1 fully saturated rings. The van der Waals surface area contributed by atoms with Crippen LogP contribution in [-0.4, -0.2) is 50.7 Å². The standard InChI is InChI=1S/C13H23NO4/c1-4-11(13(16)17-3)12(15)14(2)9-10-5-7-18-8-6-10/h10-11H,4-9H2,1-3H3. The summed E-state index contributed by atoms with van der Waals surface area (Å²) in [6, 6.07) is 0. The van der Waals surface area contributed by atoms with Crippen molar-refractivity contribution in [2.45, 2.75) is 26.2 Å². The number of carbonyl (C=O) groups excluding carboxylic acids is 2. The minimum Gasteiger partial charge on any atom is -0.468 e. The zero-order chi connectivity index (χ0) is 13.5. The van der Waals surface area contributed by atoms with E-state index in [2.05, 4.69) is 4.74 Å². The number of carbonyl (C=O) groups is 2. The van der Waals surface area contributed by atoms with E-state index >= 15 is 0 Å². The van der Waals surface area contributed by atoms with E-state index in [1.54, 1.807) is 11.9 Å². The van der Waals surface area contributed by atoms with E-state index in [0.717, 1.165) is 26.1 Å². The Morgan fingerprint density at radius 2 is 2.00 bits per heavy atom. The summed E-state index contributed by atoms with van der Waals surface area (Å²) in [5.41, 5.74) is 0. The summed E-state index contributed by atoms with van der Waals surface area (Å²) >= 11 is 0. The average Bonchev–Trinajstić information content (AvgIpc) is 2.40. The summed E-state index contributed by atoms with van der Waals surface area (Å²) in [4.78, 5) is 25.3. The van der Waals surface area contributed by atoms with Gasteiger partial charge in [0, 0.05) is 26.8 Å². The second kappa shape index (κ2) is 7.36. The van der Waals surface area contributed by atoms with Crippen LogP contribution < -0.4 is 0 Å². The van der Waals surface area contributed by atoms with Crippen LogP contribution in [-0.2, 0) is 19.1 Å². The number of ether oxygens (including phenoxy) is 2. The number of amides is 1. The summed E-state index contributed by atoms with van der Waals surface area (Å²) in [5, 5.41) is 0. The molecule has 0 aromatic carbocycles. The summed E-state index contributed by atoms with van der Waals surface area (Å²) in [7, 11) is 3.07. The molecule has 5 nitrogen and oxygen atoms in total. The number of nitrogens with zero attached hydrogens (tertiary/aromatic N) is 1. The Balaban J connectivity index is 2.50. The Morgan fingerprint density at radius 3 is 2.50 bits per heavy atom. The third-order valence-electron chi connectivity index (χ3n) is 3.44. The molecule has 0 radical (unpaired) electrons. The summed E-state index contributed by atoms with van der Waals surface area (Å²) < 4.78 is 9.95. The van der Waals surface area contributed by atoms with Crippen molar-refractivity contribution < 1.29 is 19.1 Å². The first-order chi connectivity index (χ1) is 8.60. The van der Waals surface area contributed by atoms with E-state index < -0.39 is 11.9 Å². The highest BCUT2D eigenvalue weighted by atomic mass is 16.5. The van der Waals surface area contributed by atoms with Crippen LogP contribution in [0.4, 0.5) is 0 Å². The third-order valence-corrected chi connectivity index (χ3v) is 3.44. The molecular formula is C13H23NO4.